The Morgan fingerprint density at radius 1 is 1.12 bits per heavy atom. The van der Waals surface area contributed by atoms with Crippen LogP contribution in [0.25, 0.3) is 0 Å². The van der Waals surface area contributed by atoms with Gasteiger partial charge in [-0.2, -0.15) is 15.3 Å². The largest absolute Gasteiger partial charge is 0.384 e. The Balaban J connectivity index is 1.72. The fourth-order valence-electron chi connectivity index (χ4n) is 4.66. The average molecular weight is 443 g/mol. The van der Waals surface area contributed by atoms with Gasteiger partial charge in [0.15, 0.2) is 5.78 Å². The van der Waals surface area contributed by atoms with Crippen molar-refractivity contribution in [3.63, 3.8) is 0 Å². The molecule has 0 radical (unpaired) electrons. The first-order chi connectivity index (χ1) is 15.6. The molecule has 1 aliphatic carbocycles. The van der Waals surface area contributed by atoms with Crippen molar-refractivity contribution in [2.24, 2.45) is 5.73 Å². The summed E-state index contributed by atoms with van der Waals surface area (Å²) in [7, 11) is 0. The highest BCUT2D eigenvalue weighted by Gasteiger charge is 2.43. The van der Waals surface area contributed by atoms with Crippen LogP contribution in [-0.2, 0) is 4.79 Å². The number of carbonyl (C=O) groups excluding carboxylic acids is 1. The maximum Gasteiger partial charge on any atom is 0.231 e. The Morgan fingerprint density at radius 2 is 1.91 bits per heavy atom. The van der Waals surface area contributed by atoms with Gasteiger partial charge in [-0.15, -0.1) is 0 Å². The van der Waals surface area contributed by atoms with E-state index in [0.717, 1.165) is 16.8 Å². The van der Waals surface area contributed by atoms with E-state index < -0.39 is 5.92 Å². The summed E-state index contributed by atoms with van der Waals surface area (Å²) in [5.74, 6) is -0.0143. The molecule has 1 aliphatic heterocycles. The highest BCUT2D eigenvalue weighted by atomic mass is 35.5. The number of hydrogen-bond donors (Lipinski definition) is 2. The number of allylic oxidation sites excluding steroid dienone is 3. The van der Waals surface area contributed by atoms with Gasteiger partial charge >= 0.3 is 0 Å². The van der Waals surface area contributed by atoms with Crippen LogP contribution in [-0.4, -0.2) is 21.0 Å². The summed E-state index contributed by atoms with van der Waals surface area (Å²) in [5, 5.41) is 17.4. The molecular formula is C24H19ClN6O. The lowest BCUT2D eigenvalue weighted by Crippen LogP contribution is -2.40. The van der Waals surface area contributed by atoms with Crippen LogP contribution in [0, 0.1) is 11.3 Å². The van der Waals surface area contributed by atoms with E-state index in [0.29, 0.717) is 29.4 Å². The van der Waals surface area contributed by atoms with E-state index in [2.05, 4.69) is 21.3 Å². The Labute approximate surface area is 189 Å². The highest BCUT2D eigenvalue weighted by molar-refractivity contribution is 6.30. The second-order valence-corrected chi connectivity index (χ2v) is 8.28. The van der Waals surface area contributed by atoms with E-state index >= 15 is 0 Å². The van der Waals surface area contributed by atoms with Crippen LogP contribution in [0.3, 0.4) is 0 Å². The molecule has 7 nitrogen and oxygen atoms in total. The zero-order valence-corrected chi connectivity index (χ0v) is 17.8. The maximum absolute atomic E-state index is 13.6. The number of halogens is 1. The molecule has 2 atom stereocenters. The van der Waals surface area contributed by atoms with Crippen LogP contribution in [0.1, 0.15) is 35.8 Å². The molecular weight excluding hydrogens is 424 g/mol. The maximum atomic E-state index is 13.6. The quantitative estimate of drug-likeness (QED) is 0.630. The van der Waals surface area contributed by atoms with Crippen molar-refractivity contribution < 1.29 is 4.79 Å². The van der Waals surface area contributed by atoms with Gasteiger partial charge < -0.3 is 5.73 Å². The number of nitrogens with two attached hydrogens (primary N) is 1. The van der Waals surface area contributed by atoms with Crippen LogP contribution in [0.2, 0.25) is 5.02 Å². The summed E-state index contributed by atoms with van der Waals surface area (Å²) < 4.78 is 0. The van der Waals surface area contributed by atoms with E-state index in [1.54, 1.807) is 17.0 Å². The molecule has 2 heterocycles. The summed E-state index contributed by atoms with van der Waals surface area (Å²) in [6, 6.07) is 19.4. The number of nitriles is 1. The number of nitrogens with zero attached hydrogens (tertiary/aromatic N) is 4. The molecule has 0 spiro atoms. The zero-order chi connectivity index (χ0) is 22.2. The number of anilines is 1. The van der Waals surface area contributed by atoms with Crippen LogP contribution >= 0.6 is 11.6 Å². The molecule has 2 aliphatic rings. The van der Waals surface area contributed by atoms with Gasteiger partial charge in [-0.3, -0.25) is 9.69 Å². The van der Waals surface area contributed by atoms with Crippen molar-refractivity contribution >= 4 is 23.3 Å². The Kier molecular flexibility index (Phi) is 5.00. The summed E-state index contributed by atoms with van der Waals surface area (Å²) in [4.78, 5) is 19.5. The number of aromatic nitrogens is 3. The second-order valence-electron chi connectivity index (χ2n) is 7.84. The third kappa shape index (κ3) is 3.26. The molecule has 5 rings (SSSR count). The number of carbonyl (C=O) groups is 1. The van der Waals surface area contributed by atoms with E-state index in [1.807, 2.05) is 42.5 Å². The number of H-pyrrole nitrogens is 1. The molecule has 0 saturated heterocycles. The van der Waals surface area contributed by atoms with Crippen molar-refractivity contribution in [1.29, 1.82) is 5.26 Å². The molecule has 0 bridgehead atoms. The average Bonchev–Trinajstić information content (AvgIpc) is 3.33. The highest BCUT2D eigenvalue weighted by Crippen LogP contribution is 2.48. The number of nitrogens with one attached hydrogen (secondary N) is 1. The molecule has 3 aromatic rings. The van der Waals surface area contributed by atoms with E-state index in [9.17, 15) is 10.1 Å². The summed E-state index contributed by atoms with van der Waals surface area (Å²) >= 11 is 6.25. The molecule has 1 aromatic heterocycles. The lowest BCUT2D eigenvalue weighted by atomic mass is 9.72. The molecule has 8 heteroatoms. The zero-order valence-electron chi connectivity index (χ0n) is 17.0. The number of rotatable bonds is 3. The smallest absolute Gasteiger partial charge is 0.231 e. The third-order valence-corrected chi connectivity index (χ3v) is 6.27. The fraction of sp³-hybridized carbons (Fsp3) is 0.167. The summed E-state index contributed by atoms with van der Waals surface area (Å²) in [5.41, 5.74) is 9.96. The molecule has 3 N–H and O–H groups in total. The Bertz CT molecular complexity index is 1290. The minimum atomic E-state index is -0.586. The number of aromatic amines is 1. The monoisotopic (exact) mass is 442 g/mol. The van der Waals surface area contributed by atoms with E-state index in [4.69, 9.17) is 17.3 Å². The predicted molar refractivity (Wildman–Crippen MR) is 120 cm³/mol. The van der Waals surface area contributed by atoms with Gasteiger partial charge in [0.1, 0.15) is 12.1 Å². The van der Waals surface area contributed by atoms with Crippen molar-refractivity contribution in [3.8, 4) is 6.07 Å². The second kappa shape index (κ2) is 7.98. The Hall–Kier alpha value is -3.89. The van der Waals surface area contributed by atoms with Gasteiger partial charge in [0.05, 0.1) is 17.6 Å². The minimum Gasteiger partial charge on any atom is -0.384 e. The molecule has 32 heavy (non-hydrogen) atoms. The number of benzene rings is 2. The fourth-order valence-corrected chi connectivity index (χ4v) is 4.86. The molecule has 0 saturated carbocycles. The lowest BCUT2D eigenvalue weighted by molar-refractivity contribution is -0.116. The molecule has 0 amide bonds. The molecule has 0 fully saturated rings. The van der Waals surface area contributed by atoms with Gasteiger partial charge in [0.25, 0.3) is 0 Å². The predicted octanol–water partition coefficient (Wildman–Crippen LogP) is 4.16. The lowest BCUT2D eigenvalue weighted by Gasteiger charge is -2.40. The van der Waals surface area contributed by atoms with Crippen LogP contribution < -0.4 is 10.6 Å². The van der Waals surface area contributed by atoms with Crippen molar-refractivity contribution in [2.45, 2.75) is 24.7 Å². The molecule has 158 valence electrons. The minimum absolute atomic E-state index is 0.00989. The first kappa shape index (κ1) is 20.0. The van der Waals surface area contributed by atoms with E-state index in [-0.39, 0.29) is 23.1 Å². The molecule has 0 unspecified atom stereocenters. The van der Waals surface area contributed by atoms with Crippen molar-refractivity contribution in [2.75, 3.05) is 4.90 Å². The van der Waals surface area contributed by atoms with Crippen molar-refractivity contribution in [1.82, 2.24) is 15.2 Å². The number of ketones is 1. The Morgan fingerprint density at radius 3 is 2.59 bits per heavy atom. The first-order valence-electron chi connectivity index (χ1n) is 10.2. The van der Waals surface area contributed by atoms with Gasteiger partial charge in [0.2, 0.25) is 5.95 Å². The van der Waals surface area contributed by atoms with Gasteiger partial charge in [-0.05, 0) is 35.6 Å². The van der Waals surface area contributed by atoms with Gasteiger partial charge in [-0.25, -0.2) is 5.10 Å². The molecule has 2 aromatic carbocycles. The normalized spacial score (nSPS) is 20.9. The van der Waals surface area contributed by atoms with E-state index in [1.165, 1.54) is 6.33 Å². The van der Waals surface area contributed by atoms with Crippen molar-refractivity contribution in [3.05, 3.63) is 99.7 Å². The van der Waals surface area contributed by atoms with Gasteiger partial charge in [-0.1, -0.05) is 54.1 Å². The SMILES string of the molecule is N#CC1=C(N)N(c2ncn[nH]2)C2=C(C(=O)C[C@@H](c3ccccc3)C2)[C@@H]1c1cccc(Cl)c1. The van der Waals surface area contributed by atoms with Crippen LogP contribution in [0.4, 0.5) is 5.95 Å². The standard InChI is InChI=1S/C24H19ClN6O/c25-17-8-4-7-15(9-17)21-18(12-26)23(27)31(24-28-13-29-30-24)19-10-16(11-20(32)22(19)21)14-5-2-1-3-6-14/h1-9,13,16,21H,10-11,27H2,(H,28,29,30)/t16-,21+/m0/s1. The van der Waals surface area contributed by atoms with Gasteiger partial charge in [0, 0.05) is 22.7 Å². The number of hydrogen-bond acceptors (Lipinski definition) is 6. The summed E-state index contributed by atoms with van der Waals surface area (Å²) in [6.45, 7) is 0. The number of Topliss-reactive ketones (excluding diaryl/α,β-unsaturated/α-hetero) is 1. The topological polar surface area (TPSA) is 112 Å². The first-order valence-corrected chi connectivity index (χ1v) is 10.6. The summed E-state index contributed by atoms with van der Waals surface area (Å²) in [6.07, 6.45) is 2.29. The third-order valence-electron chi connectivity index (χ3n) is 6.03. The van der Waals surface area contributed by atoms with Crippen LogP contribution in [0.15, 0.2) is 83.6 Å². The van der Waals surface area contributed by atoms with Crippen LogP contribution in [0.5, 0.6) is 0 Å².